The van der Waals surface area contributed by atoms with Crippen LogP contribution in [0.1, 0.15) is 19.8 Å². The number of nitrogens with one attached hydrogen (secondary N) is 1. The molecule has 18 heavy (non-hydrogen) atoms. The van der Waals surface area contributed by atoms with Crippen LogP contribution in [0.15, 0.2) is 40.9 Å². The van der Waals surface area contributed by atoms with Crippen molar-refractivity contribution in [2.75, 3.05) is 13.2 Å². The SMILES string of the molecule is C/C=C/CCNC(=O)CCOc1ccc(Br)cc1. The minimum Gasteiger partial charge on any atom is -0.493 e. The molecule has 0 aromatic heterocycles. The topological polar surface area (TPSA) is 38.3 Å². The first-order chi connectivity index (χ1) is 8.72. The summed E-state index contributed by atoms with van der Waals surface area (Å²) in [5.74, 6) is 0.802. The molecule has 0 aliphatic rings. The van der Waals surface area contributed by atoms with Gasteiger partial charge in [0.2, 0.25) is 5.91 Å². The fourth-order valence-corrected chi connectivity index (χ4v) is 1.61. The highest BCUT2D eigenvalue weighted by atomic mass is 79.9. The van der Waals surface area contributed by atoms with Crippen molar-refractivity contribution in [3.63, 3.8) is 0 Å². The fourth-order valence-electron chi connectivity index (χ4n) is 1.34. The van der Waals surface area contributed by atoms with E-state index in [1.807, 2.05) is 43.3 Å². The van der Waals surface area contributed by atoms with Crippen molar-refractivity contribution in [2.45, 2.75) is 19.8 Å². The van der Waals surface area contributed by atoms with E-state index in [0.29, 0.717) is 19.6 Å². The Hall–Kier alpha value is -1.29. The molecule has 98 valence electrons. The van der Waals surface area contributed by atoms with Crippen LogP contribution in [0.25, 0.3) is 0 Å². The Morgan fingerprint density at radius 1 is 1.39 bits per heavy atom. The third-order valence-electron chi connectivity index (χ3n) is 2.28. The summed E-state index contributed by atoms with van der Waals surface area (Å²) in [6.45, 7) is 3.05. The molecule has 1 aromatic rings. The Bertz CT molecular complexity index is 387. The Kier molecular flexibility index (Phi) is 7.18. The van der Waals surface area contributed by atoms with Crippen LogP contribution in [0.4, 0.5) is 0 Å². The lowest BCUT2D eigenvalue weighted by molar-refractivity contribution is -0.121. The van der Waals surface area contributed by atoms with E-state index in [0.717, 1.165) is 16.6 Å². The van der Waals surface area contributed by atoms with Gasteiger partial charge in [-0.25, -0.2) is 0 Å². The van der Waals surface area contributed by atoms with Crippen molar-refractivity contribution in [2.24, 2.45) is 0 Å². The molecule has 4 heteroatoms. The van der Waals surface area contributed by atoms with Crippen molar-refractivity contribution < 1.29 is 9.53 Å². The maximum absolute atomic E-state index is 11.4. The molecule has 1 aromatic carbocycles. The van der Waals surface area contributed by atoms with E-state index in [2.05, 4.69) is 21.2 Å². The van der Waals surface area contributed by atoms with E-state index in [1.54, 1.807) is 0 Å². The van der Waals surface area contributed by atoms with Crippen LogP contribution in [-0.2, 0) is 4.79 Å². The highest BCUT2D eigenvalue weighted by Crippen LogP contribution is 2.15. The molecule has 0 unspecified atom stereocenters. The highest BCUT2D eigenvalue weighted by molar-refractivity contribution is 9.10. The molecule has 0 saturated heterocycles. The van der Waals surface area contributed by atoms with Crippen molar-refractivity contribution in [3.8, 4) is 5.75 Å². The first-order valence-corrected chi connectivity index (χ1v) is 6.78. The van der Waals surface area contributed by atoms with Gasteiger partial charge in [0.1, 0.15) is 5.75 Å². The average Bonchev–Trinajstić information content (AvgIpc) is 2.37. The van der Waals surface area contributed by atoms with E-state index in [9.17, 15) is 4.79 Å². The molecule has 0 heterocycles. The summed E-state index contributed by atoms with van der Waals surface area (Å²) in [6, 6.07) is 7.56. The van der Waals surface area contributed by atoms with Crippen LogP contribution >= 0.6 is 15.9 Å². The molecule has 0 radical (unpaired) electrons. The van der Waals surface area contributed by atoms with E-state index in [1.165, 1.54) is 0 Å². The predicted octanol–water partition coefficient (Wildman–Crippen LogP) is 3.30. The zero-order valence-electron chi connectivity index (χ0n) is 10.5. The number of carbonyl (C=O) groups is 1. The summed E-state index contributed by atoms with van der Waals surface area (Å²) in [6.07, 6.45) is 5.25. The highest BCUT2D eigenvalue weighted by Gasteiger charge is 2.00. The zero-order valence-corrected chi connectivity index (χ0v) is 12.1. The molecule has 0 atom stereocenters. The average molecular weight is 312 g/mol. The second-order valence-electron chi connectivity index (χ2n) is 3.76. The number of rotatable bonds is 7. The van der Waals surface area contributed by atoms with Crippen LogP contribution in [0.5, 0.6) is 5.75 Å². The second kappa shape index (κ2) is 8.75. The molecule has 1 amide bonds. The largest absolute Gasteiger partial charge is 0.493 e. The lowest BCUT2D eigenvalue weighted by atomic mass is 10.3. The van der Waals surface area contributed by atoms with Crippen LogP contribution < -0.4 is 10.1 Å². The summed E-state index contributed by atoms with van der Waals surface area (Å²) in [4.78, 5) is 11.4. The number of amides is 1. The molecule has 0 bridgehead atoms. The fraction of sp³-hybridized carbons (Fsp3) is 0.357. The van der Waals surface area contributed by atoms with Crippen molar-refractivity contribution in [1.29, 1.82) is 0 Å². The lowest BCUT2D eigenvalue weighted by Crippen LogP contribution is -2.25. The Labute approximate surface area is 116 Å². The third kappa shape index (κ3) is 6.45. The summed E-state index contributed by atoms with van der Waals surface area (Å²) < 4.78 is 6.47. The van der Waals surface area contributed by atoms with Gasteiger partial charge in [-0.05, 0) is 37.6 Å². The van der Waals surface area contributed by atoms with Crippen LogP contribution in [-0.4, -0.2) is 19.1 Å². The number of allylic oxidation sites excluding steroid dienone is 1. The van der Waals surface area contributed by atoms with Gasteiger partial charge in [-0.1, -0.05) is 28.1 Å². The molecule has 1 N–H and O–H groups in total. The maximum atomic E-state index is 11.4. The minimum absolute atomic E-state index is 0.0246. The molecular weight excluding hydrogens is 294 g/mol. The number of hydrogen-bond donors (Lipinski definition) is 1. The Morgan fingerprint density at radius 3 is 2.78 bits per heavy atom. The second-order valence-corrected chi connectivity index (χ2v) is 4.68. The van der Waals surface area contributed by atoms with Crippen molar-refractivity contribution >= 4 is 21.8 Å². The van der Waals surface area contributed by atoms with E-state index >= 15 is 0 Å². The summed E-state index contributed by atoms with van der Waals surface area (Å²) in [7, 11) is 0. The first kappa shape index (κ1) is 14.8. The normalized spacial score (nSPS) is 10.6. The maximum Gasteiger partial charge on any atom is 0.223 e. The zero-order chi connectivity index (χ0) is 13.2. The van der Waals surface area contributed by atoms with Gasteiger partial charge in [-0.3, -0.25) is 4.79 Å². The van der Waals surface area contributed by atoms with Gasteiger partial charge < -0.3 is 10.1 Å². The standard InChI is InChI=1S/C14H18BrNO2/c1-2-3-4-10-16-14(17)9-11-18-13-7-5-12(15)6-8-13/h2-3,5-8H,4,9-11H2,1H3,(H,16,17)/b3-2+. The first-order valence-electron chi connectivity index (χ1n) is 5.98. The van der Waals surface area contributed by atoms with Gasteiger partial charge in [0.15, 0.2) is 0 Å². The van der Waals surface area contributed by atoms with Gasteiger partial charge in [0, 0.05) is 11.0 Å². The van der Waals surface area contributed by atoms with Crippen LogP contribution in [0.3, 0.4) is 0 Å². The molecule has 0 aliphatic heterocycles. The molecule has 3 nitrogen and oxygen atoms in total. The van der Waals surface area contributed by atoms with Crippen molar-refractivity contribution in [3.05, 3.63) is 40.9 Å². The number of carbonyl (C=O) groups excluding carboxylic acids is 1. The Balaban J connectivity index is 2.13. The monoisotopic (exact) mass is 311 g/mol. The predicted molar refractivity (Wildman–Crippen MR) is 76.7 cm³/mol. The summed E-state index contributed by atoms with van der Waals surface area (Å²) >= 11 is 3.35. The van der Waals surface area contributed by atoms with E-state index in [-0.39, 0.29) is 5.91 Å². The van der Waals surface area contributed by atoms with Crippen LogP contribution in [0.2, 0.25) is 0 Å². The van der Waals surface area contributed by atoms with Gasteiger partial charge in [0.25, 0.3) is 0 Å². The number of benzene rings is 1. The van der Waals surface area contributed by atoms with Gasteiger partial charge in [-0.2, -0.15) is 0 Å². The molecular formula is C14H18BrNO2. The molecule has 0 aliphatic carbocycles. The third-order valence-corrected chi connectivity index (χ3v) is 2.81. The van der Waals surface area contributed by atoms with Crippen molar-refractivity contribution in [1.82, 2.24) is 5.32 Å². The lowest BCUT2D eigenvalue weighted by Gasteiger charge is -2.06. The Morgan fingerprint density at radius 2 is 2.11 bits per heavy atom. The summed E-state index contributed by atoms with van der Waals surface area (Å²) in [5.41, 5.74) is 0. The quantitative estimate of drug-likeness (QED) is 0.620. The molecule has 0 spiro atoms. The minimum atomic E-state index is 0.0246. The molecule has 0 saturated carbocycles. The van der Waals surface area contributed by atoms with Gasteiger partial charge in [0.05, 0.1) is 13.0 Å². The van der Waals surface area contributed by atoms with Gasteiger partial charge in [-0.15, -0.1) is 0 Å². The van der Waals surface area contributed by atoms with Crippen LogP contribution in [0, 0.1) is 0 Å². The number of halogens is 1. The van der Waals surface area contributed by atoms with E-state index < -0.39 is 0 Å². The number of ether oxygens (including phenoxy) is 1. The van der Waals surface area contributed by atoms with E-state index in [4.69, 9.17) is 4.74 Å². The number of hydrogen-bond acceptors (Lipinski definition) is 2. The molecule has 1 rings (SSSR count). The molecule has 0 fully saturated rings. The van der Waals surface area contributed by atoms with Gasteiger partial charge >= 0.3 is 0 Å². The smallest absolute Gasteiger partial charge is 0.223 e. The summed E-state index contributed by atoms with van der Waals surface area (Å²) in [5, 5.41) is 2.84.